The van der Waals surface area contributed by atoms with E-state index in [4.69, 9.17) is 4.74 Å². The topological polar surface area (TPSA) is 174 Å². The Kier molecular flexibility index (Phi) is 5.83. The lowest BCUT2D eigenvalue weighted by atomic mass is 10.0. The number of sulfone groups is 1. The summed E-state index contributed by atoms with van der Waals surface area (Å²) in [4.78, 5) is 41.3. The van der Waals surface area contributed by atoms with Gasteiger partial charge in [0.05, 0.1) is 35.1 Å². The fourth-order valence-corrected chi connectivity index (χ4v) is 5.67. The summed E-state index contributed by atoms with van der Waals surface area (Å²) in [5, 5.41) is 29.1. The molecular weight excluding hydrogens is 468 g/mol. The molecule has 1 aromatic heterocycles. The van der Waals surface area contributed by atoms with Crippen LogP contribution >= 0.6 is 0 Å². The number of pyridine rings is 1. The van der Waals surface area contributed by atoms with Crippen molar-refractivity contribution in [2.24, 2.45) is 0 Å². The SMILES string of the molecule is O=C(Cc1ccc(O)c(O)c1)OCC1=C(C(=O)[O-])N2C(=O)/C(=C/c3ccccn3)C2S(=O)(=O)C1. The quantitative estimate of drug-likeness (QED) is 0.230. The number of fused-ring (bicyclic) bond motifs is 1. The highest BCUT2D eigenvalue weighted by atomic mass is 32.2. The fraction of sp³-hybridized carbons (Fsp3) is 0.182. The number of aliphatic carboxylic acids is 1. The number of phenolic OH excluding ortho intramolecular Hbond substituents is 2. The second kappa shape index (κ2) is 8.63. The summed E-state index contributed by atoms with van der Waals surface area (Å²) >= 11 is 0. The Balaban J connectivity index is 1.56. The third kappa shape index (κ3) is 4.22. The first-order valence-electron chi connectivity index (χ1n) is 9.86. The molecule has 11 nitrogen and oxygen atoms in total. The number of carbonyl (C=O) groups is 3. The van der Waals surface area contributed by atoms with Crippen LogP contribution in [0.3, 0.4) is 0 Å². The van der Waals surface area contributed by atoms with Crippen LogP contribution in [0.5, 0.6) is 11.5 Å². The highest BCUT2D eigenvalue weighted by molar-refractivity contribution is 7.92. The smallest absolute Gasteiger partial charge is 0.310 e. The summed E-state index contributed by atoms with van der Waals surface area (Å²) in [6, 6.07) is 8.54. The van der Waals surface area contributed by atoms with Gasteiger partial charge in [-0.05, 0) is 35.9 Å². The predicted molar refractivity (Wildman–Crippen MR) is 113 cm³/mol. The van der Waals surface area contributed by atoms with Crippen LogP contribution in [0.2, 0.25) is 0 Å². The van der Waals surface area contributed by atoms with Gasteiger partial charge in [0.25, 0.3) is 5.91 Å². The number of amides is 1. The minimum absolute atomic E-state index is 0.124. The van der Waals surface area contributed by atoms with Gasteiger partial charge in [-0.15, -0.1) is 0 Å². The van der Waals surface area contributed by atoms with Crippen molar-refractivity contribution >= 4 is 33.8 Å². The van der Waals surface area contributed by atoms with E-state index in [1.54, 1.807) is 18.2 Å². The Bertz CT molecular complexity index is 1360. The largest absolute Gasteiger partial charge is 0.543 e. The number of carbonyl (C=O) groups excluding carboxylic acids is 3. The minimum Gasteiger partial charge on any atom is -0.543 e. The number of aromatic hydroxyl groups is 2. The lowest BCUT2D eigenvalue weighted by molar-refractivity contribution is -0.301. The van der Waals surface area contributed by atoms with Crippen molar-refractivity contribution in [1.29, 1.82) is 0 Å². The Hall–Kier alpha value is -4.19. The van der Waals surface area contributed by atoms with E-state index in [0.29, 0.717) is 16.2 Å². The molecule has 1 fully saturated rings. The summed E-state index contributed by atoms with van der Waals surface area (Å²) < 4.78 is 30.8. The Morgan fingerprint density at radius 1 is 1.21 bits per heavy atom. The van der Waals surface area contributed by atoms with Gasteiger partial charge in [0, 0.05) is 11.8 Å². The summed E-state index contributed by atoms with van der Waals surface area (Å²) in [6.07, 6.45) is 2.41. The number of phenols is 2. The zero-order chi connectivity index (χ0) is 24.6. The van der Waals surface area contributed by atoms with Crippen LogP contribution in [-0.4, -0.2) is 64.1 Å². The molecule has 4 rings (SSSR count). The molecule has 0 radical (unpaired) electrons. The lowest BCUT2D eigenvalue weighted by Gasteiger charge is -2.47. The van der Waals surface area contributed by atoms with E-state index in [0.717, 1.165) is 6.07 Å². The molecule has 1 amide bonds. The standard InChI is InChI=1S/C22H18N2O9S/c25-16-5-4-12(7-17(16)26)8-18(27)33-10-13-11-34(31,32)21-15(9-14-3-1-2-6-23-14)20(28)24(21)19(13)22(29)30/h1-7,9,21,25-26H,8,10-11H2,(H,29,30)/p-1/b15-9-. The number of benzene rings is 1. The van der Waals surface area contributed by atoms with Crippen LogP contribution in [0.25, 0.3) is 6.08 Å². The average molecular weight is 485 g/mol. The molecule has 34 heavy (non-hydrogen) atoms. The van der Waals surface area contributed by atoms with Crippen molar-refractivity contribution in [3.63, 3.8) is 0 Å². The molecule has 0 spiro atoms. The predicted octanol–water partition coefficient (Wildman–Crippen LogP) is -0.737. The number of nitrogens with zero attached hydrogens (tertiary/aromatic N) is 2. The molecule has 2 aliphatic heterocycles. The van der Waals surface area contributed by atoms with Crippen LogP contribution in [0, 0.1) is 0 Å². The van der Waals surface area contributed by atoms with Crippen LogP contribution < -0.4 is 5.11 Å². The highest BCUT2D eigenvalue weighted by Gasteiger charge is 2.55. The van der Waals surface area contributed by atoms with Crippen molar-refractivity contribution in [3.05, 3.63) is 70.7 Å². The molecule has 0 bridgehead atoms. The van der Waals surface area contributed by atoms with Crippen molar-refractivity contribution in [1.82, 2.24) is 9.88 Å². The summed E-state index contributed by atoms with van der Waals surface area (Å²) in [5.41, 5.74) is -0.449. The maximum absolute atomic E-state index is 12.9. The molecule has 0 aliphatic carbocycles. The van der Waals surface area contributed by atoms with Gasteiger partial charge in [0.2, 0.25) is 0 Å². The normalized spacial score (nSPS) is 20.0. The van der Waals surface area contributed by atoms with E-state index in [-0.39, 0.29) is 23.3 Å². The molecule has 1 atom stereocenters. The van der Waals surface area contributed by atoms with E-state index in [9.17, 15) is 38.1 Å². The minimum atomic E-state index is -4.05. The Labute approximate surface area is 193 Å². The van der Waals surface area contributed by atoms with Gasteiger partial charge in [-0.2, -0.15) is 0 Å². The molecule has 1 aromatic carbocycles. The van der Waals surface area contributed by atoms with Crippen LogP contribution in [0.4, 0.5) is 0 Å². The first kappa shape index (κ1) is 23.0. The molecule has 1 unspecified atom stereocenters. The van der Waals surface area contributed by atoms with Crippen molar-refractivity contribution in [2.45, 2.75) is 11.8 Å². The number of β-lactam (4-membered cyclic amide) rings is 1. The molecule has 3 heterocycles. The first-order valence-corrected chi connectivity index (χ1v) is 11.6. The van der Waals surface area contributed by atoms with Crippen molar-refractivity contribution in [2.75, 3.05) is 12.4 Å². The van der Waals surface area contributed by atoms with Crippen LogP contribution in [0.1, 0.15) is 11.3 Å². The maximum Gasteiger partial charge on any atom is 0.310 e. The second-order valence-corrected chi connectivity index (χ2v) is 9.65. The number of esters is 1. The monoisotopic (exact) mass is 485 g/mol. The number of hydrogen-bond donors (Lipinski definition) is 2. The van der Waals surface area contributed by atoms with E-state index in [2.05, 4.69) is 4.98 Å². The first-order chi connectivity index (χ1) is 16.1. The number of hydrogen-bond acceptors (Lipinski definition) is 10. The van der Waals surface area contributed by atoms with Gasteiger partial charge in [0.15, 0.2) is 26.7 Å². The van der Waals surface area contributed by atoms with Gasteiger partial charge in [-0.3, -0.25) is 19.5 Å². The average Bonchev–Trinajstić information content (AvgIpc) is 2.78. The fourth-order valence-electron chi connectivity index (χ4n) is 3.73. The molecule has 1 saturated heterocycles. The highest BCUT2D eigenvalue weighted by Crippen LogP contribution is 2.40. The molecule has 12 heteroatoms. The maximum atomic E-state index is 12.9. The van der Waals surface area contributed by atoms with E-state index in [1.807, 2.05) is 0 Å². The van der Waals surface area contributed by atoms with Crippen LogP contribution in [-0.2, 0) is 35.4 Å². The van der Waals surface area contributed by atoms with Gasteiger partial charge in [0.1, 0.15) is 6.61 Å². The molecule has 2 aromatic rings. The third-order valence-corrected chi connectivity index (χ3v) is 7.13. The zero-order valence-electron chi connectivity index (χ0n) is 17.4. The van der Waals surface area contributed by atoms with Gasteiger partial charge in [-0.1, -0.05) is 12.1 Å². The van der Waals surface area contributed by atoms with Gasteiger partial charge in [-0.25, -0.2) is 8.42 Å². The summed E-state index contributed by atoms with van der Waals surface area (Å²) in [6.45, 7) is -0.693. The number of carboxylic acids is 1. The number of ether oxygens (including phenoxy) is 1. The van der Waals surface area contributed by atoms with Gasteiger partial charge < -0.3 is 24.9 Å². The number of aromatic nitrogens is 1. The Morgan fingerprint density at radius 2 is 1.97 bits per heavy atom. The number of carboxylic acid groups (broad SMARTS) is 1. The molecule has 0 saturated carbocycles. The van der Waals surface area contributed by atoms with Crippen molar-refractivity contribution in [3.8, 4) is 11.5 Å². The molecule has 2 N–H and O–H groups in total. The lowest BCUT2D eigenvalue weighted by Crippen LogP contribution is -2.63. The van der Waals surface area contributed by atoms with E-state index < -0.39 is 56.9 Å². The van der Waals surface area contributed by atoms with Crippen LogP contribution in [0.15, 0.2) is 59.4 Å². The molecular formula is C22H17N2O9S-. The molecule has 176 valence electrons. The van der Waals surface area contributed by atoms with E-state index >= 15 is 0 Å². The number of rotatable bonds is 6. The van der Waals surface area contributed by atoms with Crippen molar-refractivity contribution < 1.29 is 42.9 Å². The Morgan fingerprint density at radius 3 is 2.62 bits per heavy atom. The molecule has 2 aliphatic rings. The summed E-state index contributed by atoms with van der Waals surface area (Å²) in [7, 11) is -4.05. The summed E-state index contributed by atoms with van der Waals surface area (Å²) in [5.74, 6) is -5.03. The van der Waals surface area contributed by atoms with E-state index in [1.165, 1.54) is 24.4 Å². The second-order valence-electron chi connectivity index (χ2n) is 7.59. The third-order valence-electron chi connectivity index (χ3n) is 5.24. The zero-order valence-corrected chi connectivity index (χ0v) is 18.2. The van der Waals surface area contributed by atoms with Gasteiger partial charge >= 0.3 is 5.97 Å².